The Hall–Kier alpha value is -0.650. The second-order valence-electron chi connectivity index (χ2n) is 11.4. The summed E-state index contributed by atoms with van der Waals surface area (Å²) in [6.07, 6.45) is 6.00. The maximum Gasteiger partial charge on any atom is 0.303 e. The van der Waals surface area contributed by atoms with Gasteiger partial charge in [-0.2, -0.15) is 0 Å². The lowest BCUT2D eigenvalue weighted by Gasteiger charge is -2.63. The molecule has 4 saturated carbocycles. The van der Waals surface area contributed by atoms with Crippen molar-refractivity contribution in [1.29, 1.82) is 0 Å². The zero-order chi connectivity index (χ0) is 21.1. The second kappa shape index (κ2) is 7.49. The van der Waals surface area contributed by atoms with E-state index in [1.807, 2.05) is 0 Å². The summed E-state index contributed by atoms with van der Waals surface area (Å²) < 4.78 is 0. The minimum absolute atomic E-state index is 0.0957. The Kier molecular flexibility index (Phi) is 5.57. The first-order valence-electron chi connectivity index (χ1n) is 11.8. The summed E-state index contributed by atoms with van der Waals surface area (Å²) in [5.41, 5.74) is -0.143. The molecule has 0 saturated heterocycles. The molecule has 4 aliphatic carbocycles. The van der Waals surface area contributed by atoms with Crippen molar-refractivity contribution in [1.82, 2.24) is 0 Å². The van der Waals surface area contributed by atoms with E-state index in [0.29, 0.717) is 30.1 Å². The van der Waals surface area contributed by atoms with E-state index in [0.717, 1.165) is 44.9 Å². The highest BCUT2D eigenvalue weighted by Gasteiger charge is 2.65. The number of hydrogen-bond donors (Lipinski definition) is 4. The van der Waals surface area contributed by atoms with Crippen LogP contribution in [0.15, 0.2) is 0 Å². The van der Waals surface area contributed by atoms with E-state index in [9.17, 15) is 20.1 Å². The fourth-order valence-corrected chi connectivity index (χ4v) is 8.68. The third-order valence-electron chi connectivity index (χ3n) is 10.3. The van der Waals surface area contributed by atoms with Crippen LogP contribution in [0.4, 0.5) is 0 Å². The maximum atomic E-state index is 11.5. The summed E-state index contributed by atoms with van der Waals surface area (Å²) in [5, 5.41) is 42.0. The van der Waals surface area contributed by atoms with Crippen LogP contribution >= 0.6 is 0 Å². The molecule has 0 radical (unpaired) electrons. The number of carboxylic acid groups (broad SMARTS) is 1. The standard InChI is InChI=1S/C24H40O5/c1-13(4-7-21(28)29)16-5-6-17-22-18(12-20(27)24(16,17)3)23(2)9-8-15(25)10-14(23)11-19(22)26/h13-20,22,25-27H,4-12H2,1-3H3,(H,28,29)/t13?,14?,15?,16-,17?,18?,19?,20?,22?,23+,24-/m1/s1. The Balaban J connectivity index is 1.61. The van der Waals surface area contributed by atoms with Gasteiger partial charge in [0.15, 0.2) is 0 Å². The van der Waals surface area contributed by atoms with Crippen LogP contribution in [-0.2, 0) is 4.79 Å². The summed E-state index contributed by atoms with van der Waals surface area (Å²) in [6, 6.07) is 0. The number of fused-ring (bicyclic) bond motifs is 5. The highest BCUT2D eigenvalue weighted by molar-refractivity contribution is 5.66. The number of carboxylic acids is 1. The quantitative estimate of drug-likeness (QED) is 0.571. The van der Waals surface area contributed by atoms with Crippen molar-refractivity contribution >= 4 is 5.97 Å². The minimum Gasteiger partial charge on any atom is -0.481 e. The largest absolute Gasteiger partial charge is 0.481 e. The molecule has 5 nitrogen and oxygen atoms in total. The zero-order valence-corrected chi connectivity index (χ0v) is 18.3. The van der Waals surface area contributed by atoms with Crippen LogP contribution in [0.2, 0.25) is 0 Å². The molecule has 0 aromatic rings. The molecular weight excluding hydrogens is 368 g/mol. The van der Waals surface area contributed by atoms with Crippen LogP contribution in [0.25, 0.3) is 0 Å². The molecule has 0 aromatic heterocycles. The van der Waals surface area contributed by atoms with Gasteiger partial charge in [-0.15, -0.1) is 0 Å². The number of aliphatic hydroxyl groups is 3. The molecule has 0 aliphatic heterocycles. The van der Waals surface area contributed by atoms with Crippen molar-refractivity contribution in [3.63, 3.8) is 0 Å². The Morgan fingerprint density at radius 2 is 1.76 bits per heavy atom. The van der Waals surface area contributed by atoms with E-state index in [-0.39, 0.29) is 41.3 Å². The molecule has 0 amide bonds. The monoisotopic (exact) mass is 408 g/mol. The summed E-state index contributed by atoms with van der Waals surface area (Å²) in [4.78, 5) is 11.1. The summed E-state index contributed by atoms with van der Waals surface area (Å²) in [5.74, 6) is 0.997. The number of aliphatic hydroxyl groups excluding tert-OH is 3. The molecular formula is C24H40O5. The molecule has 11 atom stereocenters. The SMILES string of the molecule is CC(CCC(=O)O)[C@H]1CCC2C3C(O)CC4CC(O)CC[C@]4(C)C3CC(O)[C@@]21C. The molecule has 4 aliphatic rings. The average Bonchev–Trinajstić information content (AvgIpc) is 3.01. The maximum absolute atomic E-state index is 11.5. The topological polar surface area (TPSA) is 98.0 Å². The lowest BCUT2D eigenvalue weighted by atomic mass is 9.43. The fourth-order valence-electron chi connectivity index (χ4n) is 8.68. The van der Waals surface area contributed by atoms with Gasteiger partial charge in [0.1, 0.15) is 0 Å². The Bertz CT molecular complexity index is 637. The summed E-state index contributed by atoms with van der Waals surface area (Å²) in [7, 11) is 0. The van der Waals surface area contributed by atoms with Gasteiger partial charge in [0.25, 0.3) is 0 Å². The van der Waals surface area contributed by atoms with Crippen LogP contribution in [0.3, 0.4) is 0 Å². The molecule has 4 fully saturated rings. The molecule has 4 rings (SSSR count). The first-order chi connectivity index (χ1) is 13.6. The van der Waals surface area contributed by atoms with Gasteiger partial charge in [-0.25, -0.2) is 0 Å². The van der Waals surface area contributed by atoms with E-state index in [4.69, 9.17) is 5.11 Å². The Morgan fingerprint density at radius 1 is 1.03 bits per heavy atom. The zero-order valence-electron chi connectivity index (χ0n) is 18.3. The first-order valence-corrected chi connectivity index (χ1v) is 11.8. The number of aliphatic carboxylic acids is 1. The van der Waals surface area contributed by atoms with E-state index in [1.54, 1.807) is 0 Å². The molecule has 166 valence electrons. The lowest BCUT2D eigenvalue weighted by Crippen LogP contribution is -2.62. The van der Waals surface area contributed by atoms with Crippen LogP contribution in [0.1, 0.15) is 78.6 Å². The number of rotatable bonds is 4. The molecule has 0 aromatic carbocycles. The molecule has 5 heteroatoms. The van der Waals surface area contributed by atoms with Crippen LogP contribution in [0, 0.1) is 46.3 Å². The smallest absolute Gasteiger partial charge is 0.303 e. The van der Waals surface area contributed by atoms with Crippen molar-refractivity contribution in [2.45, 2.75) is 96.9 Å². The second-order valence-corrected chi connectivity index (χ2v) is 11.4. The van der Waals surface area contributed by atoms with Gasteiger partial charge in [0.2, 0.25) is 0 Å². The summed E-state index contributed by atoms with van der Waals surface area (Å²) >= 11 is 0. The van der Waals surface area contributed by atoms with Crippen LogP contribution < -0.4 is 0 Å². The minimum atomic E-state index is -0.748. The molecule has 0 bridgehead atoms. The van der Waals surface area contributed by atoms with E-state index < -0.39 is 12.1 Å². The highest BCUT2D eigenvalue weighted by Crippen LogP contribution is 2.68. The van der Waals surface area contributed by atoms with Crippen molar-refractivity contribution in [2.24, 2.45) is 46.3 Å². The lowest BCUT2D eigenvalue weighted by molar-refractivity contribution is -0.207. The van der Waals surface area contributed by atoms with Crippen molar-refractivity contribution in [3.8, 4) is 0 Å². The first kappa shape index (κ1) is 21.6. The Morgan fingerprint density at radius 3 is 2.45 bits per heavy atom. The van der Waals surface area contributed by atoms with E-state index >= 15 is 0 Å². The van der Waals surface area contributed by atoms with Gasteiger partial charge in [-0.1, -0.05) is 20.8 Å². The molecule has 4 N–H and O–H groups in total. The van der Waals surface area contributed by atoms with Gasteiger partial charge in [-0.3, -0.25) is 4.79 Å². The van der Waals surface area contributed by atoms with Gasteiger partial charge in [0, 0.05) is 6.42 Å². The number of carbonyl (C=O) groups is 1. The van der Waals surface area contributed by atoms with Crippen LogP contribution in [0.5, 0.6) is 0 Å². The molecule has 0 spiro atoms. The van der Waals surface area contributed by atoms with Crippen molar-refractivity contribution in [3.05, 3.63) is 0 Å². The predicted octanol–water partition coefficient (Wildman–Crippen LogP) is 3.45. The summed E-state index contributed by atoms with van der Waals surface area (Å²) in [6.45, 7) is 6.72. The normalized spacial score (nSPS) is 52.9. The Labute approximate surface area is 174 Å². The van der Waals surface area contributed by atoms with Gasteiger partial charge >= 0.3 is 5.97 Å². The molecule has 8 unspecified atom stereocenters. The average molecular weight is 409 g/mol. The van der Waals surface area contributed by atoms with Gasteiger partial charge in [0.05, 0.1) is 18.3 Å². The third kappa shape index (κ3) is 3.27. The third-order valence-corrected chi connectivity index (χ3v) is 10.3. The molecule has 29 heavy (non-hydrogen) atoms. The predicted molar refractivity (Wildman–Crippen MR) is 110 cm³/mol. The van der Waals surface area contributed by atoms with Gasteiger partial charge < -0.3 is 20.4 Å². The fraction of sp³-hybridized carbons (Fsp3) is 0.958. The van der Waals surface area contributed by atoms with Crippen molar-refractivity contribution < 1.29 is 25.2 Å². The van der Waals surface area contributed by atoms with E-state index in [2.05, 4.69) is 20.8 Å². The van der Waals surface area contributed by atoms with Crippen LogP contribution in [-0.4, -0.2) is 44.7 Å². The molecule has 0 heterocycles. The van der Waals surface area contributed by atoms with E-state index in [1.165, 1.54) is 0 Å². The van der Waals surface area contributed by atoms with Gasteiger partial charge in [-0.05, 0) is 97.7 Å². The highest BCUT2D eigenvalue weighted by atomic mass is 16.4. The number of hydrogen-bond acceptors (Lipinski definition) is 4. The van der Waals surface area contributed by atoms with Crippen molar-refractivity contribution in [2.75, 3.05) is 0 Å².